The summed E-state index contributed by atoms with van der Waals surface area (Å²) in [6.45, 7) is 2.70. The minimum atomic E-state index is -0.114. The maximum Gasteiger partial charge on any atom is 0.248 e. The van der Waals surface area contributed by atoms with Crippen molar-refractivity contribution < 1.29 is 14.3 Å². The van der Waals surface area contributed by atoms with Gasteiger partial charge in [-0.3, -0.25) is 9.59 Å². The van der Waals surface area contributed by atoms with Crippen LogP contribution in [0.3, 0.4) is 0 Å². The van der Waals surface area contributed by atoms with E-state index in [0.29, 0.717) is 13.1 Å². The fourth-order valence-corrected chi connectivity index (χ4v) is 3.92. The molecule has 1 saturated carbocycles. The van der Waals surface area contributed by atoms with Crippen LogP contribution in [0.4, 0.5) is 0 Å². The van der Waals surface area contributed by atoms with Crippen molar-refractivity contribution in [3.05, 3.63) is 18.2 Å². The summed E-state index contributed by atoms with van der Waals surface area (Å²) in [5.74, 6) is 0.805. The Labute approximate surface area is 148 Å². The molecule has 1 aromatic rings. The number of amides is 2. The summed E-state index contributed by atoms with van der Waals surface area (Å²) in [5, 5.41) is 2.97. The van der Waals surface area contributed by atoms with Crippen LogP contribution in [-0.2, 0) is 21.4 Å². The third-order valence-corrected chi connectivity index (χ3v) is 5.25. The molecule has 0 spiro atoms. The van der Waals surface area contributed by atoms with Gasteiger partial charge < -0.3 is 19.5 Å². The van der Waals surface area contributed by atoms with E-state index in [1.165, 1.54) is 26.2 Å². The number of nitrogens with one attached hydrogen (secondary N) is 1. The van der Waals surface area contributed by atoms with Crippen molar-refractivity contribution in [2.75, 3.05) is 19.7 Å². The van der Waals surface area contributed by atoms with Gasteiger partial charge in [0, 0.05) is 39.5 Å². The van der Waals surface area contributed by atoms with E-state index < -0.39 is 0 Å². The van der Waals surface area contributed by atoms with Gasteiger partial charge in [-0.1, -0.05) is 19.3 Å². The van der Waals surface area contributed by atoms with E-state index in [1.54, 1.807) is 11.1 Å². The third-order valence-electron chi connectivity index (χ3n) is 5.25. The first kappa shape index (κ1) is 17.9. The zero-order chi connectivity index (χ0) is 17.8. The second-order valence-corrected chi connectivity index (χ2v) is 7.18. The number of rotatable bonds is 5. The molecule has 1 aliphatic heterocycles. The molecular formula is C18H28N4O3. The highest BCUT2D eigenvalue weighted by molar-refractivity contribution is 5.78. The number of aromatic nitrogens is 2. The summed E-state index contributed by atoms with van der Waals surface area (Å²) >= 11 is 0. The molecule has 2 amide bonds. The quantitative estimate of drug-likeness (QED) is 0.867. The van der Waals surface area contributed by atoms with Crippen LogP contribution in [0.25, 0.3) is 0 Å². The first-order chi connectivity index (χ1) is 12.0. The molecule has 7 heteroatoms. The molecule has 0 aromatic carbocycles. The SMILES string of the molecule is CC(=O)N[C@@H]1CN(C(=O)COC2CCCCC2)C[C@H]1c1nccn1C. The Morgan fingerprint density at radius 3 is 2.68 bits per heavy atom. The van der Waals surface area contributed by atoms with Gasteiger partial charge in [-0.2, -0.15) is 0 Å². The number of likely N-dealkylation sites (tertiary alicyclic amines) is 1. The molecule has 2 atom stereocenters. The van der Waals surface area contributed by atoms with Crippen LogP contribution >= 0.6 is 0 Å². The van der Waals surface area contributed by atoms with Crippen molar-refractivity contribution in [3.8, 4) is 0 Å². The number of hydrogen-bond acceptors (Lipinski definition) is 4. The van der Waals surface area contributed by atoms with E-state index in [1.807, 2.05) is 17.8 Å². The molecule has 1 aromatic heterocycles. The normalized spacial score (nSPS) is 24.5. The largest absolute Gasteiger partial charge is 0.368 e. The van der Waals surface area contributed by atoms with E-state index in [4.69, 9.17) is 4.74 Å². The molecule has 1 saturated heterocycles. The number of nitrogens with zero attached hydrogens (tertiary/aromatic N) is 3. The van der Waals surface area contributed by atoms with Crippen LogP contribution in [0.2, 0.25) is 0 Å². The predicted octanol–water partition coefficient (Wildman–Crippen LogP) is 1.20. The van der Waals surface area contributed by atoms with Crippen LogP contribution in [0.5, 0.6) is 0 Å². The molecule has 0 radical (unpaired) electrons. The second kappa shape index (κ2) is 7.99. The monoisotopic (exact) mass is 348 g/mol. The molecule has 1 aliphatic carbocycles. The van der Waals surface area contributed by atoms with Gasteiger partial charge in [0.2, 0.25) is 11.8 Å². The fourth-order valence-electron chi connectivity index (χ4n) is 3.92. The average molecular weight is 348 g/mol. The van der Waals surface area contributed by atoms with Crippen LogP contribution in [-0.4, -0.2) is 58.1 Å². The highest BCUT2D eigenvalue weighted by atomic mass is 16.5. The molecule has 0 unspecified atom stereocenters. The minimum Gasteiger partial charge on any atom is -0.368 e. The van der Waals surface area contributed by atoms with Gasteiger partial charge in [-0.15, -0.1) is 0 Å². The highest BCUT2D eigenvalue weighted by Crippen LogP contribution is 2.27. The molecule has 2 fully saturated rings. The minimum absolute atomic E-state index is 0.00219. The fraction of sp³-hybridized carbons (Fsp3) is 0.722. The first-order valence-corrected chi connectivity index (χ1v) is 9.18. The predicted molar refractivity (Wildman–Crippen MR) is 93.0 cm³/mol. The van der Waals surface area contributed by atoms with Crippen molar-refractivity contribution in [2.45, 2.75) is 57.1 Å². The van der Waals surface area contributed by atoms with Crippen molar-refractivity contribution in [3.63, 3.8) is 0 Å². The summed E-state index contributed by atoms with van der Waals surface area (Å²) < 4.78 is 7.77. The van der Waals surface area contributed by atoms with Gasteiger partial charge in [-0.05, 0) is 12.8 Å². The van der Waals surface area contributed by atoms with Gasteiger partial charge in [0.1, 0.15) is 12.4 Å². The molecule has 7 nitrogen and oxygen atoms in total. The molecule has 138 valence electrons. The standard InChI is InChI=1S/C18H28N4O3/c1-13(23)20-16-11-22(10-15(16)18-19-8-9-21(18)2)17(24)12-25-14-6-4-3-5-7-14/h8-9,14-16H,3-7,10-12H2,1-2H3,(H,20,23)/t15-,16-/m1/s1. The molecule has 2 heterocycles. The summed E-state index contributed by atoms with van der Waals surface area (Å²) in [5.41, 5.74) is 0. The molecule has 1 N–H and O–H groups in total. The Kier molecular flexibility index (Phi) is 5.73. The van der Waals surface area contributed by atoms with Crippen molar-refractivity contribution >= 4 is 11.8 Å². The Hall–Kier alpha value is -1.89. The number of carbonyl (C=O) groups excluding carboxylic acids is 2. The molecular weight excluding hydrogens is 320 g/mol. The van der Waals surface area contributed by atoms with E-state index in [0.717, 1.165) is 18.7 Å². The second-order valence-electron chi connectivity index (χ2n) is 7.18. The van der Waals surface area contributed by atoms with Crippen molar-refractivity contribution in [2.24, 2.45) is 7.05 Å². The maximum atomic E-state index is 12.6. The Morgan fingerprint density at radius 2 is 2.04 bits per heavy atom. The average Bonchev–Trinajstić information content (AvgIpc) is 3.19. The van der Waals surface area contributed by atoms with Gasteiger partial charge in [-0.25, -0.2) is 4.98 Å². The van der Waals surface area contributed by atoms with E-state index in [-0.39, 0.29) is 36.5 Å². The molecule has 0 bridgehead atoms. The van der Waals surface area contributed by atoms with Crippen molar-refractivity contribution in [1.29, 1.82) is 0 Å². The number of ether oxygens (including phenoxy) is 1. The smallest absolute Gasteiger partial charge is 0.248 e. The van der Waals surface area contributed by atoms with Crippen LogP contribution < -0.4 is 5.32 Å². The zero-order valence-electron chi connectivity index (χ0n) is 15.1. The van der Waals surface area contributed by atoms with E-state index in [9.17, 15) is 9.59 Å². The number of hydrogen-bond donors (Lipinski definition) is 1. The Balaban J connectivity index is 1.61. The van der Waals surface area contributed by atoms with E-state index >= 15 is 0 Å². The third kappa shape index (κ3) is 4.39. The van der Waals surface area contributed by atoms with Crippen molar-refractivity contribution in [1.82, 2.24) is 19.8 Å². The summed E-state index contributed by atoms with van der Waals surface area (Å²) in [6, 6.07) is -0.114. The lowest BCUT2D eigenvalue weighted by atomic mass is 9.98. The molecule has 25 heavy (non-hydrogen) atoms. The maximum absolute atomic E-state index is 12.6. The highest BCUT2D eigenvalue weighted by Gasteiger charge is 2.38. The van der Waals surface area contributed by atoms with Crippen LogP contribution in [0, 0.1) is 0 Å². The van der Waals surface area contributed by atoms with E-state index in [2.05, 4.69) is 10.3 Å². The molecule has 2 aliphatic rings. The zero-order valence-corrected chi connectivity index (χ0v) is 15.1. The van der Waals surface area contributed by atoms with Crippen LogP contribution in [0.15, 0.2) is 12.4 Å². The van der Waals surface area contributed by atoms with Gasteiger partial charge >= 0.3 is 0 Å². The Morgan fingerprint density at radius 1 is 1.28 bits per heavy atom. The van der Waals surface area contributed by atoms with Gasteiger partial charge in [0.25, 0.3) is 0 Å². The molecule has 3 rings (SSSR count). The first-order valence-electron chi connectivity index (χ1n) is 9.18. The Bertz CT molecular complexity index is 609. The lowest BCUT2D eigenvalue weighted by Crippen LogP contribution is -2.40. The number of carbonyl (C=O) groups is 2. The summed E-state index contributed by atoms with van der Waals surface area (Å²) in [7, 11) is 1.93. The summed E-state index contributed by atoms with van der Waals surface area (Å²) in [6.07, 6.45) is 9.60. The topological polar surface area (TPSA) is 76.5 Å². The lowest BCUT2D eigenvalue weighted by molar-refractivity contribution is -0.138. The van der Waals surface area contributed by atoms with Gasteiger partial charge in [0.05, 0.1) is 18.1 Å². The van der Waals surface area contributed by atoms with Crippen LogP contribution in [0.1, 0.15) is 50.8 Å². The van der Waals surface area contributed by atoms with Gasteiger partial charge in [0.15, 0.2) is 0 Å². The number of imidazole rings is 1. The lowest BCUT2D eigenvalue weighted by Gasteiger charge is -2.23. The summed E-state index contributed by atoms with van der Waals surface area (Å²) in [4.78, 5) is 30.3. The number of aryl methyl sites for hydroxylation is 1.